The van der Waals surface area contributed by atoms with Crippen LogP contribution < -0.4 is 0 Å². The fourth-order valence-electron chi connectivity index (χ4n) is 0.740. The molecule has 0 rings (SSSR count). The normalized spacial score (nSPS) is 10.5. The average molecular weight is 206 g/mol. The largest absolute Gasteiger partial charge is 4.00 e. The van der Waals surface area contributed by atoms with Gasteiger partial charge in [-0.2, -0.15) is 0 Å². The summed E-state index contributed by atoms with van der Waals surface area (Å²) in [5.41, 5.74) is 0. The molecule has 0 atom stereocenters. The molecule has 68 valence electrons. The second-order valence-electron chi connectivity index (χ2n) is 3.98. The molecule has 0 unspecified atom stereocenters. The molecule has 0 saturated heterocycles. The van der Waals surface area contributed by atoms with Crippen molar-refractivity contribution in [3.05, 3.63) is 0 Å². The van der Waals surface area contributed by atoms with Crippen LogP contribution in [0.5, 0.6) is 0 Å². The maximum absolute atomic E-state index is 5.46. The Morgan fingerprint density at radius 3 is 1.42 bits per heavy atom. The maximum Gasteiger partial charge on any atom is 4.00 e. The summed E-state index contributed by atoms with van der Waals surface area (Å²) in [5.74, 6) is 1.54. The van der Waals surface area contributed by atoms with E-state index in [-0.39, 0.29) is 21.7 Å². The fourth-order valence-corrected chi connectivity index (χ4v) is 0.740. The summed E-state index contributed by atoms with van der Waals surface area (Å²) in [6.45, 7) is 10.8. The van der Waals surface area contributed by atoms with E-state index in [1.54, 1.807) is 0 Å². The van der Waals surface area contributed by atoms with Gasteiger partial charge in [-0.1, -0.05) is 27.7 Å². The van der Waals surface area contributed by atoms with Gasteiger partial charge in [-0.15, -0.1) is 0 Å². The Balaban J connectivity index is 0. The Morgan fingerprint density at radius 1 is 0.833 bits per heavy atom. The van der Waals surface area contributed by atoms with Crippen LogP contribution in [-0.4, -0.2) is 13.2 Å². The van der Waals surface area contributed by atoms with E-state index in [0.717, 1.165) is 25.0 Å². The summed E-state index contributed by atoms with van der Waals surface area (Å²) in [6.07, 6.45) is 2.39. The zero-order valence-electron chi connectivity index (χ0n) is 8.89. The van der Waals surface area contributed by atoms with Gasteiger partial charge < -0.3 is 4.74 Å². The van der Waals surface area contributed by atoms with Crippen LogP contribution in [0, 0.1) is 11.8 Å². The second kappa shape index (κ2) is 9.76. The molecule has 0 N–H and O–H groups in total. The van der Waals surface area contributed by atoms with Gasteiger partial charge >= 0.3 is 21.7 Å². The van der Waals surface area contributed by atoms with Crippen molar-refractivity contribution in [1.82, 2.24) is 0 Å². The molecule has 0 aliphatic carbocycles. The minimum atomic E-state index is 0. The first-order valence-electron chi connectivity index (χ1n) is 4.70. The molecule has 0 radical (unpaired) electrons. The van der Waals surface area contributed by atoms with Gasteiger partial charge in [0.2, 0.25) is 0 Å². The Labute approximate surface area is 92.1 Å². The number of rotatable bonds is 6. The minimum absolute atomic E-state index is 0. The molecule has 0 saturated carbocycles. The second-order valence-corrected chi connectivity index (χ2v) is 3.98. The standard InChI is InChI=1S/C10H22O.Ti/c1-9(2)5-7-11-8-6-10(3)4;/h9-10H,5-8H2,1-4H3;/q;+4. The van der Waals surface area contributed by atoms with Crippen LogP contribution >= 0.6 is 0 Å². The number of hydrogen-bond acceptors (Lipinski definition) is 1. The Kier molecular flexibility index (Phi) is 12.3. The quantitative estimate of drug-likeness (QED) is 0.479. The summed E-state index contributed by atoms with van der Waals surface area (Å²) in [7, 11) is 0. The van der Waals surface area contributed by atoms with Gasteiger partial charge in [0.15, 0.2) is 0 Å². The first-order chi connectivity index (χ1) is 5.13. The third-order valence-corrected chi connectivity index (χ3v) is 1.68. The van der Waals surface area contributed by atoms with Crippen molar-refractivity contribution in [3.8, 4) is 0 Å². The molecule has 0 aromatic rings. The van der Waals surface area contributed by atoms with Gasteiger partial charge in [-0.3, -0.25) is 0 Å². The molecule has 0 aromatic heterocycles. The third kappa shape index (κ3) is 13.3. The molecule has 0 aliphatic heterocycles. The van der Waals surface area contributed by atoms with E-state index >= 15 is 0 Å². The Bertz CT molecular complexity index is 71.9. The van der Waals surface area contributed by atoms with Crippen LogP contribution in [0.3, 0.4) is 0 Å². The van der Waals surface area contributed by atoms with Crippen molar-refractivity contribution in [2.24, 2.45) is 11.8 Å². The number of hydrogen-bond donors (Lipinski definition) is 0. The molecule has 0 amide bonds. The summed E-state index contributed by atoms with van der Waals surface area (Å²) in [5, 5.41) is 0. The van der Waals surface area contributed by atoms with Crippen molar-refractivity contribution in [3.63, 3.8) is 0 Å². The number of ether oxygens (including phenoxy) is 1. The maximum atomic E-state index is 5.46. The van der Waals surface area contributed by atoms with Gasteiger partial charge in [-0.25, -0.2) is 0 Å². The average Bonchev–Trinajstić information content (AvgIpc) is 1.85. The monoisotopic (exact) mass is 206 g/mol. The van der Waals surface area contributed by atoms with Crippen LogP contribution in [-0.2, 0) is 26.5 Å². The summed E-state index contributed by atoms with van der Waals surface area (Å²) >= 11 is 0. The Hall–Kier alpha value is 0.674. The summed E-state index contributed by atoms with van der Waals surface area (Å²) in [4.78, 5) is 0. The van der Waals surface area contributed by atoms with E-state index in [4.69, 9.17) is 4.74 Å². The summed E-state index contributed by atoms with van der Waals surface area (Å²) < 4.78 is 5.46. The van der Waals surface area contributed by atoms with Crippen LogP contribution in [0.1, 0.15) is 40.5 Å². The zero-order chi connectivity index (χ0) is 8.69. The smallest absolute Gasteiger partial charge is 0.381 e. The fraction of sp³-hybridized carbons (Fsp3) is 1.00. The van der Waals surface area contributed by atoms with Gasteiger partial charge in [0.1, 0.15) is 0 Å². The molecule has 12 heavy (non-hydrogen) atoms. The van der Waals surface area contributed by atoms with Gasteiger partial charge in [-0.05, 0) is 24.7 Å². The molecular formula is C10H22OTi+4. The topological polar surface area (TPSA) is 9.23 Å². The van der Waals surface area contributed by atoms with Crippen molar-refractivity contribution in [2.45, 2.75) is 40.5 Å². The molecule has 0 heterocycles. The van der Waals surface area contributed by atoms with Crippen LogP contribution in [0.15, 0.2) is 0 Å². The zero-order valence-corrected chi connectivity index (χ0v) is 10.5. The molecule has 0 aliphatic rings. The van der Waals surface area contributed by atoms with Crippen LogP contribution in [0.2, 0.25) is 0 Å². The van der Waals surface area contributed by atoms with Crippen molar-refractivity contribution in [2.75, 3.05) is 13.2 Å². The van der Waals surface area contributed by atoms with Crippen LogP contribution in [0.25, 0.3) is 0 Å². The molecule has 0 spiro atoms. The van der Waals surface area contributed by atoms with E-state index in [1.165, 1.54) is 12.8 Å². The molecule has 0 fully saturated rings. The van der Waals surface area contributed by atoms with E-state index < -0.39 is 0 Å². The predicted molar refractivity (Wildman–Crippen MR) is 49.7 cm³/mol. The molecule has 0 aromatic carbocycles. The molecule has 2 heteroatoms. The van der Waals surface area contributed by atoms with Gasteiger partial charge in [0.05, 0.1) is 0 Å². The first-order valence-corrected chi connectivity index (χ1v) is 4.70. The third-order valence-electron chi connectivity index (χ3n) is 1.68. The predicted octanol–water partition coefficient (Wildman–Crippen LogP) is 3.09. The van der Waals surface area contributed by atoms with Crippen molar-refractivity contribution < 1.29 is 26.5 Å². The van der Waals surface area contributed by atoms with Crippen LogP contribution in [0.4, 0.5) is 0 Å². The van der Waals surface area contributed by atoms with Gasteiger partial charge in [0, 0.05) is 13.2 Å². The SMILES string of the molecule is CC(C)CCOCCC(C)C.[Ti+4]. The Morgan fingerprint density at radius 2 is 1.17 bits per heavy atom. The van der Waals surface area contributed by atoms with Gasteiger partial charge in [0.25, 0.3) is 0 Å². The van der Waals surface area contributed by atoms with Crippen molar-refractivity contribution in [1.29, 1.82) is 0 Å². The van der Waals surface area contributed by atoms with E-state index in [2.05, 4.69) is 27.7 Å². The molecule has 1 nitrogen and oxygen atoms in total. The van der Waals surface area contributed by atoms with E-state index in [9.17, 15) is 0 Å². The minimum Gasteiger partial charge on any atom is -0.381 e. The first kappa shape index (κ1) is 15.2. The molecular weight excluding hydrogens is 184 g/mol. The van der Waals surface area contributed by atoms with Crippen molar-refractivity contribution >= 4 is 0 Å². The molecule has 0 bridgehead atoms. The van der Waals surface area contributed by atoms with E-state index in [0.29, 0.717) is 0 Å². The summed E-state index contributed by atoms with van der Waals surface area (Å²) in [6, 6.07) is 0. The van der Waals surface area contributed by atoms with E-state index in [1.807, 2.05) is 0 Å².